The van der Waals surface area contributed by atoms with Crippen LogP contribution < -0.4 is 4.90 Å². The summed E-state index contributed by atoms with van der Waals surface area (Å²) in [5.74, 6) is 0.151. The van der Waals surface area contributed by atoms with Gasteiger partial charge < -0.3 is 14.4 Å². The summed E-state index contributed by atoms with van der Waals surface area (Å²) in [7, 11) is 0. The molecule has 9 heteroatoms. The Balaban J connectivity index is 1.38. The molecular formula is C21H26N9+. The van der Waals surface area contributed by atoms with E-state index in [-0.39, 0.29) is 17.3 Å². The van der Waals surface area contributed by atoms with Gasteiger partial charge in [0.25, 0.3) is 0 Å². The fourth-order valence-electron chi connectivity index (χ4n) is 4.27. The maximum atomic E-state index is 8.96. The Morgan fingerprint density at radius 2 is 1.80 bits per heavy atom. The van der Waals surface area contributed by atoms with Crippen LogP contribution in [0.5, 0.6) is 0 Å². The van der Waals surface area contributed by atoms with E-state index in [0.717, 1.165) is 13.1 Å². The summed E-state index contributed by atoms with van der Waals surface area (Å²) in [4.78, 5) is 11.6. The molecule has 0 saturated carbocycles. The van der Waals surface area contributed by atoms with E-state index in [1.54, 1.807) is 0 Å². The lowest BCUT2D eigenvalue weighted by Gasteiger charge is -2.51. The van der Waals surface area contributed by atoms with E-state index in [2.05, 4.69) is 49.1 Å². The highest BCUT2D eigenvalue weighted by Crippen LogP contribution is 2.24. The summed E-state index contributed by atoms with van der Waals surface area (Å²) in [5.41, 5.74) is 2.00. The number of nitrogens with zero attached hydrogens (tertiary/aromatic N) is 8. The number of hydrogen-bond acceptors (Lipinski definition) is 7. The highest BCUT2D eigenvalue weighted by atomic mass is 15.5. The SMILES string of the molecule is CCN(CC[N+]12CCN(CC1)CC2)c1ccc(N=Nc2nc(C#N)c(C#N)[nH]2)cc1. The first kappa shape index (κ1) is 20.0. The molecule has 2 aromatic rings. The molecule has 1 aromatic heterocycles. The number of H-pyrrole nitrogens is 1. The zero-order valence-electron chi connectivity index (χ0n) is 17.3. The van der Waals surface area contributed by atoms with Crippen LogP contribution in [0, 0.1) is 22.7 Å². The number of benzene rings is 1. The van der Waals surface area contributed by atoms with Crippen molar-refractivity contribution in [3.05, 3.63) is 35.7 Å². The quantitative estimate of drug-likeness (QED) is 0.564. The molecule has 1 N–H and O–H groups in total. The first-order chi connectivity index (χ1) is 14.6. The molecule has 30 heavy (non-hydrogen) atoms. The van der Waals surface area contributed by atoms with E-state index in [0.29, 0.717) is 5.69 Å². The molecule has 2 bridgehead atoms. The molecular weight excluding hydrogens is 378 g/mol. The molecule has 0 aliphatic carbocycles. The summed E-state index contributed by atoms with van der Waals surface area (Å²) in [6.45, 7) is 13.0. The minimum absolute atomic E-state index is 0.0295. The summed E-state index contributed by atoms with van der Waals surface area (Å²) < 4.78 is 1.26. The standard InChI is InChI=1S/C21H26N9/c1-2-29(10-14-30-11-7-28(8-12-30)9-13-30)18-5-3-17(4-6-18)26-27-21-24-19(15-22)20(16-23)25-21/h3-6H,2,7-14H2,1H3,(H,24,25)/q+1. The Morgan fingerprint density at radius 1 is 1.10 bits per heavy atom. The van der Waals surface area contributed by atoms with Gasteiger partial charge in [0.2, 0.25) is 5.95 Å². The van der Waals surface area contributed by atoms with Crippen LogP contribution in [0.1, 0.15) is 18.3 Å². The van der Waals surface area contributed by atoms with Gasteiger partial charge in [0.05, 0.1) is 38.4 Å². The average molecular weight is 405 g/mol. The number of likely N-dealkylation sites (N-methyl/N-ethyl adjacent to an activating group) is 1. The van der Waals surface area contributed by atoms with Crippen molar-refractivity contribution in [2.45, 2.75) is 6.92 Å². The third kappa shape index (κ3) is 4.18. The van der Waals surface area contributed by atoms with E-state index in [1.807, 2.05) is 24.3 Å². The topological polar surface area (TPSA) is 107 Å². The van der Waals surface area contributed by atoms with E-state index >= 15 is 0 Å². The Bertz CT molecular complexity index is 940. The molecule has 3 saturated heterocycles. The van der Waals surface area contributed by atoms with Crippen molar-refractivity contribution < 1.29 is 4.48 Å². The van der Waals surface area contributed by atoms with Crippen molar-refractivity contribution in [2.75, 3.05) is 63.8 Å². The molecule has 3 aliphatic rings. The third-order valence-corrected chi connectivity index (χ3v) is 6.28. The minimum atomic E-state index is 0.0295. The number of rotatable bonds is 7. The number of fused-ring (bicyclic) bond motifs is 3. The van der Waals surface area contributed by atoms with Gasteiger partial charge in [-0.15, -0.1) is 10.2 Å². The Morgan fingerprint density at radius 3 is 2.37 bits per heavy atom. The fraction of sp³-hybridized carbons (Fsp3) is 0.476. The zero-order valence-corrected chi connectivity index (χ0v) is 17.3. The lowest BCUT2D eigenvalue weighted by molar-refractivity contribution is -0.939. The van der Waals surface area contributed by atoms with Gasteiger partial charge in [-0.2, -0.15) is 15.5 Å². The Labute approximate surface area is 176 Å². The van der Waals surface area contributed by atoms with Crippen LogP contribution in [0.15, 0.2) is 34.5 Å². The highest BCUT2D eigenvalue weighted by molar-refractivity contribution is 5.52. The van der Waals surface area contributed by atoms with Crippen molar-refractivity contribution in [2.24, 2.45) is 10.2 Å². The van der Waals surface area contributed by atoms with Gasteiger partial charge in [-0.3, -0.25) is 4.90 Å². The summed E-state index contributed by atoms with van der Waals surface area (Å²) in [6.07, 6.45) is 0. The number of quaternary nitrogens is 1. The molecule has 5 rings (SSSR count). The van der Waals surface area contributed by atoms with E-state index in [4.69, 9.17) is 10.5 Å². The van der Waals surface area contributed by atoms with Gasteiger partial charge in [0.1, 0.15) is 12.1 Å². The van der Waals surface area contributed by atoms with Gasteiger partial charge in [0, 0.05) is 31.9 Å². The van der Waals surface area contributed by atoms with Crippen LogP contribution in [0.2, 0.25) is 0 Å². The van der Waals surface area contributed by atoms with Gasteiger partial charge in [-0.25, -0.2) is 0 Å². The largest absolute Gasteiger partial charge is 0.366 e. The predicted octanol–water partition coefficient (Wildman–Crippen LogP) is 2.54. The number of imidazole rings is 1. The molecule has 9 nitrogen and oxygen atoms in total. The second-order valence-corrected chi connectivity index (χ2v) is 7.88. The van der Waals surface area contributed by atoms with Gasteiger partial charge in [0.15, 0.2) is 11.4 Å². The number of azo groups is 1. The van der Waals surface area contributed by atoms with Crippen molar-refractivity contribution in [3.63, 3.8) is 0 Å². The molecule has 3 aliphatic heterocycles. The number of nitrogens with one attached hydrogen (secondary N) is 1. The lowest BCUT2D eigenvalue weighted by atomic mass is 10.1. The van der Waals surface area contributed by atoms with E-state index in [9.17, 15) is 0 Å². The number of aromatic nitrogens is 2. The van der Waals surface area contributed by atoms with Gasteiger partial charge >= 0.3 is 0 Å². The van der Waals surface area contributed by atoms with Gasteiger partial charge in [-0.1, -0.05) is 0 Å². The molecule has 0 amide bonds. The average Bonchev–Trinajstić information content (AvgIpc) is 3.22. The number of piperazine rings is 3. The fourth-order valence-corrected chi connectivity index (χ4v) is 4.27. The molecule has 3 fully saturated rings. The number of aromatic amines is 1. The minimum Gasteiger partial charge on any atom is -0.366 e. The Kier molecular flexibility index (Phi) is 5.75. The van der Waals surface area contributed by atoms with Crippen LogP contribution >= 0.6 is 0 Å². The summed E-state index contributed by atoms with van der Waals surface area (Å²) >= 11 is 0. The Hall–Kier alpha value is -3.27. The van der Waals surface area contributed by atoms with E-state index in [1.165, 1.54) is 56.0 Å². The molecule has 1 aromatic carbocycles. The van der Waals surface area contributed by atoms with Crippen LogP contribution in [0.3, 0.4) is 0 Å². The van der Waals surface area contributed by atoms with Crippen molar-refractivity contribution in [1.29, 1.82) is 10.5 Å². The second-order valence-electron chi connectivity index (χ2n) is 7.88. The summed E-state index contributed by atoms with van der Waals surface area (Å²) in [6, 6.07) is 11.7. The van der Waals surface area contributed by atoms with Gasteiger partial charge in [-0.05, 0) is 31.2 Å². The molecule has 0 radical (unpaired) electrons. The normalized spacial score (nSPS) is 22.7. The first-order valence-corrected chi connectivity index (χ1v) is 10.4. The molecule has 0 atom stereocenters. The highest BCUT2D eigenvalue weighted by Gasteiger charge is 2.38. The maximum Gasteiger partial charge on any atom is 0.249 e. The van der Waals surface area contributed by atoms with Crippen molar-refractivity contribution in [1.82, 2.24) is 14.9 Å². The van der Waals surface area contributed by atoms with Crippen LogP contribution in [-0.2, 0) is 0 Å². The maximum absolute atomic E-state index is 8.96. The molecule has 154 valence electrons. The number of anilines is 1. The van der Waals surface area contributed by atoms with Crippen molar-refractivity contribution in [3.8, 4) is 12.1 Å². The monoisotopic (exact) mass is 404 g/mol. The van der Waals surface area contributed by atoms with Crippen LogP contribution in [0.25, 0.3) is 0 Å². The van der Waals surface area contributed by atoms with Crippen molar-refractivity contribution >= 4 is 17.3 Å². The molecule has 4 heterocycles. The predicted molar refractivity (Wildman–Crippen MR) is 113 cm³/mol. The van der Waals surface area contributed by atoms with Crippen LogP contribution in [-0.4, -0.2) is 78.3 Å². The second kappa shape index (κ2) is 8.62. The summed E-state index contributed by atoms with van der Waals surface area (Å²) in [5, 5.41) is 26.1. The van der Waals surface area contributed by atoms with E-state index < -0.39 is 0 Å². The molecule has 0 spiro atoms. The molecule has 0 unspecified atom stereocenters. The zero-order chi connectivity index (χ0) is 21.0. The number of hydrogen-bond donors (Lipinski definition) is 1. The first-order valence-electron chi connectivity index (χ1n) is 10.4. The smallest absolute Gasteiger partial charge is 0.249 e. The lowest BCUT2D eigenvalue weighted by Crippen LogP contribution is -2.68. The number of nitriles is 2. The van der Waals surface area contributed by atoms with Crippen LogP contribution in [0.4, 0.5) is 17.3 Å². The third-order valence-electron chi connectivity index (χ3n) is 6.28.